The quantitative estimate of drug-likeness (QED) is 0.705. The number of carbonyl (C=O) groups excluding carboxylic acids is 1. The Morgan fingerprint density at radius 2 is 1.93 bits per heavy atom. The van der Waals surface area contributed by atoms with Gasteiger partial charge in [0.1, 0.15) is 5.82 Å². The van der Waals surface area contributed by atoms with Gasteiger partial charge >= 0.3 is 0 Å². The average molecular weight is 379 g/mol. The van der Waals surface area contributed by atoms with Crippen molar-refractivity contribution in [1.29, 1.82) is 0 Å². The lowest BCUT2D eigenvalue weighted by molar-refractivity contribution is -0.121. The van der Waals surface area contributed by atoms with Crippen LogP contribution in [0.3, 0.4) is 0 Å². The minimum atomic E-state index is -0.279. The second-order valence-electron chi connectivity index (χ2n) is 7.70. The van der Waals surface area contributed by atoms with Gasteiger partial charge in [0.2, 0.25) is 5.91 Å². The number of nitrogens with zero attached hydrogens (tertiary/aromatic N) is 1. The Bertz CT molecular complexity index is 959. The van der Waals surface area contributed by atoms with Crippen molar-refractivity contribution in [3.63, 3.8) is 0 Å². The van der Waals surface area contributed by atoms with Crippen LogP contribution in [0.4, 0.5) is 4.39 Å². The van der Waals surface area contributed by atoms with Crippen molar-refractivity contribution in [3.8, 4) is 0 Å². The summed E-state index contributed by atoms with van der Waals surface area (Å²) >= 11 is 0. The van der Waals surface area contributed by atoms with E-state index in [4.69, 9.17) is 0 Å². The van der Waals surface area contributed by atoms with Crippen molar-refractivity contribution in [2.45, 2.75) is 38.8 Å². The van der Waals surface area contributed by atoms with Gasteiger partial charge in [-0.15, -0.1) is 0 Å². The molecule has 3 aromatic rings. The molecule has 0 aliphatic carbocycles. The number of aromatic nitrogens is 1. The van der Waals surface area contributed by atoms with Crippen LogP contribution in [0.25, 0.3) is 10.9 Å². The fraction of sp³-hybridized carbons (Fsp3) is 0.348. The number of rotatable bonds is 5. The van der Waals surface area contributed by atoms with Crippen LogP contribution in [0.2, 0.25) is 0 Å². The maximum Gasteiger partial charge on any atom is 0.224 e. The van der Waals surface area contributed by atoms with E-state index in [9.17, 15) is 9.18 Å². The third kappa shape index (κ3) is 4.25. The van der Waals surface area contributed by atoms with Crippen LogP contribution in [-0.2, 0) is 17.8 Å². The summed E-state index contributed by atoms with van der Waals surface area (Å²) < 4.78 is 13.6. The zero-order chi connectivity index (χ0) is 19.5. The van der Waals surface area contributed by atoms with Gasteiger partial charge in [-0.05, 0) is 49.1 Å². The lowest BCUT2D eigenvalue weighted by Crippen LogP contribution is -2.44. The highest BCUT2D eigenvalue weighted by molar-refractivity contribution is 5.90. The number of nitrogens with one attached hydrogen (secondary N) is 2. The van der Waals surface area contributed by atoms with Crippen LogP contribution in [0.5, 0.6) is 0 Å². The molecule has 2 heterocycles. The molecule has 4 rings (SSSR count). The van der Waals surface area contributed by atoms with Gasteiger partial charge in [0.05, 0.1) is 6.42 Å². The Morgan fingerprint density at radius 1 is 1.18 bits per heavy atom. The molecule has 0 saturated carbocycles. The lowest BCUT2D eigenvalue weighted by Gasteiger charge is -2.32. The minimum absolute atomic E-state index is 0.00905. The number of hydrogen-bond donors (Lipinski definition) is 2. The van der Waals surface area contributed by atoms with Crippen LogP contribution in [0, 0.1) is 12.7 Å². The molecule has 0 spiro atoms. The summed E-state index contributed by atoms with van der Waals surface area (Å²) in [5.41, 5.74) is 4.00. The van der Waals surface area contributed by atoms with Gasteiger partial charge in [-0.25, -0.2) is 4.39 Å². The smallest absolute Gasteiger partial charge is 0.224 e. The number of H-pyrrole nitrogens is 1. The predicted octanol–water partition coefficient (Wildman–Crippen LogP) is 3.94. The Labute approximate surface area is 164 Å². The number of benzene rings is 2. The van der Waals surface area contributed by atoms with Crippen molar-refractivity contribution in [1.82, 2.24) is 15.2 Å². The molecule has 1 aromatic heterocycles. The number of aryl methyl sites for hydroxylation is 1. The van der Waals surface area contributed by atoms with Crippen LogP contribution in [0.1, 0.15) is 29.7 Å². The summed E-state index contributed by atoms with van der Waals surface area (Å²) in [6, 6.07) is 15.4. The van der Waals surface area contributed by atoms with E-state index in [1.54, 1.807) is 6.07 Å². The Morgan fingerprint density at radius 3 is 2.68 bits per heavy atom. The summed E-state index contributed by atoms with van der Waals surface area (Å²) in [5.74, 6) is -0.270. The molecule has 2 N–H and O–H groups in total. The highest BCUT2D eigenvalue weighted by Crippen LogP contribution is 2.24. The van der Waals surface area contributed by atoms with E-state index in [-0.39, 0.29) is 24.2 Å². The molecule has 5 heteroatoms. The number of fused-ring (bicyclic) bond motifs is 1. The van der Waals surface area contributed by atoms with Crippen molar-refractivity contribution < 1.29 is 9.18 Å². The molecule has 0 radical (unpaired) electrons. The Balaban J connectivity index is 1.32. The molecule has 2 aromatic carbocycles. The molecule has 1 saturated heterocycles. The number of likely N-dealkylation sites (tertiary alicyclic amines) is 1. The summed E-state index contributed by atoms with van der Waals surface area (Å²) in [6.45, 7) is 4.86. The largest absolute Gasteiger partial charge is 0.358 e. The molecule has 0 unspecified atom stereocenters. The van der Waals surface area contributed by atoms with Gasteiger partial charge < -0.3 is 10.3 Å². The highest BCUT2D eigenvalue weighted by atomic mass is 19.1. The maximum absolute atomic E-state index is 13.6. The van der Waals surface area contributed by atoms with E-state index in [1.165, 1.54) is 17.7 Å². The van der Waals surface area contributed by atoms with E-state index >= 15 is 0 Å². The molecule has 1 fully saturated rings. The number of carbonyl (C=O) groups is 1. The topological polar surface area (TPSA) is 48.1 Å². The molecule has 1 amide bonds. The number of aromatic amines is 1. The lowest BCUT2D eigenvalue weighted by atomic mass is 10.0. The zero-order valence-corrected chi connectivity index (χ0v) is 16.2. The van der Waals surface area contributed by atoms with Gasteiger partial charge in [-0.3, -0.25) is 9.69 Å². The zero-order valence-electron chi connectivity index (χ0n) is 16.2. The van der Waals surface area contributed by atoms with E-state index in [0.717, 1.165) is 54.6 Å². The van der Waals surface area contributed by atoms with Crippen molar-refractivity contribution in [2.24, 2.45) is 0 Å². The van der Waals surface area contributed by atoms with Crippen molar-refractivity contribution in [2.75, 3.05) is 13.1 Å². The molecule has 1 aliphatic heterocycles. The normalized spacial score (nSPS) is 15.8. The Kier molecular flexibility index (Phi) is 5.44. The number of hydrogen-bond acceptors (Lipinski definition) is 2. The first-order valence-electron chi connectivity index (χ1n) is 9.91. The summed E-state index contributed by atoms with van der Waals surface area (Å²) in [7, 11) is 0. The van der Waals surface area contributed by atoms with Crippen LogP contribution in [-0.4, -0.2) is 34.9 Å². The summed E-state index contributed by atoms with van der Waals surface area (Å²) in [4.78, 5) is 18.3. The fourth-order valence-corrected chi connectivity index (χ4v) is 4.10. The van der Waals surface area contributed by atoms with Gasteiger partial charge in [-0.2, -0.15) is 0 Å². The number of amides is 1. The fourth-order valence-electron chi connectivity index (χ4n) is 4.10. The molecule has 1 aliphatic rings. The molecule has 28 heavy (non-hydrogen) atoms. The molecule has 0 atom stereocenters. The van der Waals surface area contributed by atoms with Gasteiger partial charge in [0.25, 0.3) is 0 Å². The van der Waals surface area contributed by atoms with Crippen LogP contribution in [0.15, 0.2) is 48.5 Å². The van der Waals surface area contributed by atoms with Gasteiger partial charge in [0.15, 0.2) is 0 Å². The Hall–Kier alpha value is -2.66. The third-order valence-corrected chi connectivity index (χ3v) is 5.62. The predicted molar refractivity (Wildman–Crippen MR) is 110 cm³/mol. The first kappa shape index (κ1) is 18.7. The summed E-state index contributed by atoms with van der Waals surface area (Å²) in [6.07, 6.45) is 2.19. The molecule has 146 valence electrons. The average Bonchev–Trinajstić information content (AvgIpc) is 2.99. The van der Waals surface area contributed by atoms with E-state index in [1.807, 2.05) is 13.0 Å². The van der Waals surface area contributed by atoms with Gasteiger partial charge in [-0.1, -0.05) is 30.3 Å². The number of halogens is 1. The van der Waals surface area contributed by atoms with E-state index in [2.05, 4.69) is 39.5 Å². The first-order valence-corrected chi connectivity index (χ1v) is 9.91. The molecule has 4 nitrogen and oxygen atoms in total. The monoisotopic (exact) mass is 379 g/mol. The maximum atomic E-state index is 13.6. The van der Waals surface area contributed by atoms with Crippen molar-refractivity contribution >= 4 is 16.8 Å². The van der Waals surface area contributed by atoms with Crippen molar-refractivity contribution in [3.05, 3.63) is 71.2 Å². The number of piperidine rings is 1. The SMILES string of the molecule is Cc1[nH]c2ccc(F)cc2c1CC(=O)NC1CCN(Cc2ccccc2)CC1. The van der Waals surface area contributed by atoms with Gasteiger partial charge in [0, 0.05) is 42.3 Å². The standard InChI is InChI=1S/C23H26FN3O/c1-16-20(21-13-18(24)7-8-22(21)25-16)14-23(28)26-19-9-11-27(12-10-19)15-17-5-3-2-4-6-17/h2-8,13,19,25H,9-12,14-15H2,1H3,(H,26,28). The van der Waals surface area contributed by atoms with E-state index in [0.29, 0.717) is 0 Å². The first-order chi connectivity index (χ1) is 13.6. The highest BCUT2D eigenvalue weighted by Gasteiger charge is 2.21. The van der Waals surface area contributed by atoms with Crippen LogP contribution >= 0.6 is 0 Å². The third-order valence-electron chi connectivity index (χ3n) is 5.62. The van der Waals surface area contributed by atoms with Crippen LogP contribution < -0.4 is 5.32 Å². The molecule has 0 bridgehead atoms. The van der Waals surface area contributed by atoms with E-state index < -0.39 is 0 Å². The summed E-state index contributed by atoms with van der Waals surface area (Å²) in [5, 5.41) is 3.97. The minimum Gasteiger partial charge on any atom is -0.358 e. The second-order valence-corrected chi connectivity index (χ2v) is 7.70. The second kappa shape index (κ2) is 8.15. The molecular formula is C23H26FN3O. The molecular weight excluding hydrogens is 353 g/mol.